The van der Waals surface area contributed by atoms with Crippen molar-refractivity contribution in [3.05, 3.63) is 59.7 Å². The number of alkyl halides is 1. The van der Waals surface area contributed by atoms with Crippen LogP contribution in [0.5, 0.6) is 11.5 Å². The molecule has 4 heteroatoms. The van der Waals surface area contributed by atoms with Crippen LogP contribution in [0.2, 0.25) is 0 Å². The van der Waals surface area contributed by atoms with Gasteiger partial charge in [0.25, 0.3) is 0 Å². The van der Waals surface area contributed by atoms with Crippen molar-refractivity contribution in [2.45, 2.75) is 32.1 Å². The Balaban J connectivity index is 1.94. The van der Waals surface area contributed by atoms with Crippen molar-refractivity contribution in [1.29, 1.82) is 0 Å². The molecular weight excluding hydrogens is 300 g/mol. The Morgan fingerprint density at radius 2 is 1.23 bits per heavy atom. The van der Waals surface area contributed by atoms with Gasteiger partial charge in [-0.05, 0) is 48.2 Å². The lowest BCUT2D eigenvalue weighted by molar-refractivity contribution is 0.152. The van der Waals surface area contributed by atoms with Gasteiger partial charge in [-0.15, -0.1) is 11.6 Å². The number of rotatable bonds is 4. The highest BCUT2D eigenvalue weighted by molar-refractivity contribution is 6.20. The van der Waals surface area contributed by atoms with Crippen molar-refractivity contribution < 1.29 is 14.3 Å². The first-order chi connectivity index (χ1) is 10.5. The van der Waals surface area contributed by atoms with E-state index in [0.29, 0.717) is 17.4 Å². The Hall–Kier alpha value is -2.00. The van der Waals surface area contributed by atoms with E-state index in [1.807, 2.05) is 31.2 Å². The van der Waals surface area contributed by atoms with Gasteiger partial charge in [0.2, 0.25) is 0 Å². The molecule has 0 aliphatic carbocycles. The summed E-state index contributed by atoms with van der Waals surface area (Å²) < 4.78 is 10.3. The van der Waals surface area contributed by atoms with E-state index in [0.717, 1.165) is 5.56 Å². The monoisotopic (exact) mass is 318 g/mol. The second-order valence-electron chi connectivity index (χ2n) is 5.36. The van der Waals surface area contributed by atoms with Gasteiger partial charge >= 0.3 is 6.16 Å². The summed E-state index contributed by atoms with van der Waals surface area (Å²) in [4.78, 5) is 11.7. The Morgan fingerprint density at radius 3 is 1.59 bits per heavy atom. The zero-order valence-electron chi connectivity index (χ0n) is 12.9. The number of carbonyl (C=O) groups excluding carboxylic acids is 1. The Labute approximate surface area is 135 Å². The van der Waals surface area contributed by atoms with Crippen LogP contribution in [0, 0.1) is 0 Å². The number of hydrogen-bond donors (Lipinski definition) is 0. The van der Waals surface area contributed by atoms with Gasteiger partial charge in [0, 0.05) is 0 Å². The van der Waals surface area contributed by atoms with Crippen LogP contribution in [0.1, 0.15) is 43.2 Å². The second-order valence-corrected chi connectivity index (χ2v) is 6.02. The van der Waals surface area contributed by atoms with Crippen molar-refractivity contribution in [3.63, 3.8) is 0 Å². The van der Waals surface area contributed by atoms with Crippen LogP contribution in [-0.4, -0.2) is 6.16 Å². The highest BCUT2D eigenvalue weighted by atomic mass is 35.5. The van der Waals surface area contributed by atoms with E-state index in [4.69, 9.17) is 21.1 Å². The van der Waals surface area contributed by atoms with Crippen LogP contribution >= 0.6 is 11.6 Å². The standard InChI is InChI=1S/C18H19ClO3/c1-12(2)14-4-8-16(9-5-14)21-18(20)22-17-10-6-15(7-11-17)13(3)19/h4-13H,1-3H3. The van der Waals surface area contributed by atoms with E-state index in [1.165, 1.54) is 5.56 Å². The predicted octanol–water partition coefficient (Wildman–Crippen LogP) is 5.69. The average Bonchev–Trinajstić information content (AvgIpc) is 2.48. The number of hydrogen-bond acceptors (Lipinski definition) is 3. The van der Waals surface area contributed by atoms with Crippen LogP contribution in [0.4, 0.5) is 4.79 Å². The minimum atomic E-state index is -0.760. The molecule has 0 radical (unpaired) electrons. The van der Waals surface area contributed by atoms with Gasteiger partial charge in [-0.3, -0.25) is 0 Å². The molecule has 0 heterocycles. The van der Waals surface area contributed by atoms with Crippen LogP contribution in [0.3, 0.4) is 0 Å². The molecule has 1 atom stereocenters. The molecule has 3 nitrogen and oxygen atoms in total. The molecule has 2 aromatic carbocycles. The maximum absolute atomic E-state index is 11.7. The third-order valence-electron chi connectivity index (χ3n) is 3.29. The van der Waals surface area contributed by atoms with E-state index in [-0.39, 0.29) is 5.38 Å². The molecule has 22 heavy (non-hydrogen) atoms. The largest absolute Gasteiger partial charge is 0.519 e. The fourth-order valence-electron chi connectivity index (χ4n) is 1.94. The lowest BCUT2D eigenvalue weighted by Gasteiger charge is -2.09. The van der Waals surface area contributed by atoms with Crippen LogP contribution in [0.25, 0.3) is 0 Å². The highest BCUT2D eigenvalue weighted by Crippen LogP contribution is 2.23. The summed E-state index contributed by atoms with van der Waals surface area (Å²) in [6.45, 7) is 6.09. The fourth-order valence-corrected chi connectivity index (χ4v) is 2.08. The van der Waals surface area contributed by atoms with E-state index in [1.54, 1.807) is 24.3 Å². The molecule has 0 saturated heterocycles. The molecule has 0 fully saturated rings. The SMILES string of the molecule is CC(C)c1ccc(OC(=O)Oc2ccc(C(C)Cl)cc2)cc1. The van der Waals surface area contributed by atoms with Crippen molar-refractivity contribution in [2.75, 3.05) is 0 Å². The summed E-state index contributed by atoms with van der Waals surface area (Å²) in [5.41, 5.74) is 2.15. The maximum atomic E-state index is 11.7. The molecule has 116 valence electrons. The van der Waals surface area contributed by atoms with Gasteiger partial charge in [-0.2, -0.15) is 0 Å². The van der Waals surface area contributed by atoms with Gasteiger partial charge in [-0.1, -0.05) is 38.1 Å². The first-order valence-corrected chi connectivity index (χ1v) is 7.63. The Kier molecular flexibility index (Phi) is 5.45. The number of carbonyl (C=O) groups is 1. The van der Waals surface area contributed by atoms with Crippen molar-refractivity contribution >= 4 is 17.8 Å². The normalized spacial score (nSPS) is 12.0. The van der Waals surface area contributed by atoms with Crippen molar-refractivity contribution in [3.8, 4) is 11.5 Å². The molecular formula is C18H19ClO3. The lowest BCUT2D eigenvalue weighted by Crippen LogP contribution is -2.13. The van der Waals surface area contributed by atoms with E-state index in [9.17, 15) is 4.79 Å². The minimum absolute atomic E-state index is 0.0829. The molecule has 0 bridgehead atoms. The summed E-state index contributed by atoms with van der Waals surface area (Å²) in [5.74, 6) is 1.31. The molecule has 0 spiro atoms. The van der Waals surface area contributed by atoms with E-state index in [2.05, 4.69) is 13.8 Å². The average molecular weight is 319 g/mol. The molecule has 0 amide bonds. The zero-order valence-corrected chi connectivity index (χ0v) is 13.6. The minimum Gasteiger partial charge on any atom is -0.395 e. The number of halogens is 1. The van der Waals surface area contributed by atoms with Crippen LogP contribution < -0.4 is 9.47 Å². The quantitative estimate of drug-likeness (QED) is 0.413. The van der Waals surface area contributed by atoms with Crippen molar-refractivity contribution in [1.82, 2.24) is 0 Å². The number of ether oxygens (including phenoxy) is 2. The smallest absolute Gasteiger partial charge is 0.395 e. The summed E-state index contributed by atoms with van der Waals surface area (Å²) in [7, 11) is 0. The maximum Gasteiger partial charge on any atom is 0.519 e. The molecule has 1 unspecified atom stereocenters. The van der Waals surface area contributed by atoms with Crippen LogP contribution in [-0.2, 0) is 0 Å². The van der Waals surface area contributed by atoms with Gasteiger partial charge < -0.3 is 9.47 Å². The molecule has 2 aromatic rings. The third-order valence-corrected chi connectivity index (χ3v) is 3.54. The summed E-state index contributed by atoms with van der Waals surface area (Å²) in [6.07, 6.45) is -0.760. The van der Waals surface area contributed by atoms with Gasteiger partial charge in [0.1, 0.15) is 11.5 Å². The first kappa shape index (κ1) is 16.4. The summed E-state index contributed by atoms with van der Waals surface area (Å²) >= 11 is 5.97. The highest BCUT2D eigenvalue weighted by Gasteiger charge is 2.09. The Bertz CT molecular complexity index is 560. The fraction of sp³-hybridized carbons (Fsp3) is 0.278. The second kappa shape index (κ2) is 7.32. The van der Waals surface area contributed by atoms with Crippen molar-refractivity contribution in [2.24, 2.45) is 0 Å². The van der Waals surface area contributed by atoms with Gasteiger partial charge in [0.15, 0.2) is 0 Å². The number of benzene rings is 2. The Morgan fingerprint density at radius 1 is 0.818 bits per heavy atom. The summed E-state index contributed by atoms with van der Waals surface area (Å²) in [6, 6.07) is 14.4. The summed E-state index contributed by atoms with van der Waals surface area (Å²) in [5, 5.41) is -0.0829. The zero-order chi connectivity index (χ0) is 16.1. The van der Waals surface area contributed by atoms with Gasteiger partial charge in [0.05, 0.1) is 5.38 Å². The molecule has 0 aromatic heterocycles. The molecule has 0 aliphatic heterocycles. The lowest BCUT2D eigenvalue weighted by atomic mass is 10.0. The first-order valence-electron chi connectivity index (χ1n) is 7.19. The molecule has 2 rings (SSSR count). The predicted molar refractivity (Wildman–Crippen MR) is 87.9 cm³/mol. The topological polar surface area (TPSA) is 35.5 Å². The van der Waals surface area contributed by atoms with Crippen LogP contribution in [0.15, 0.2) is 48.5 Å². The van der Waals surface area contributed by atoms with E-state index < -0.39 is 6.16 Å². The molecule has 0 saturated carbocycles. The third kappa shape index (κ3) is 4.50. The molecule has 0 N–H and O–H groups in total. The van der Waals surface area contributed by atoms with Gasteiger partial charge in [-0.25, -0.2) is 4.79 Å². The molecule has 0 aliphatic rings. The van der Waals surface area contributed by atoms with E-state index >= 15 is 0 Å².